The highest BCUT2D eigenvalue weighted by Gasteiger charge is 2.24. The van der Waals surface area contributed by atoms with Crippen LogP contribution < -0.4 is 0 Å². The van der Waals surface area contributed by atoms with E-state index in [1.54, 1.807) is 6.92 Å². The van der Waals surface area contributed by atoms with Crippen LogP contribution in [0.2, 0.25) is 0 Å². The summed E-state index contributed by atoms with van der Waals surface area (Å²) in [5.74, 6) is 0. The van der Waals surface area contributed by atoms with Gasteiger partial charge in [0.2, 0.25) is 0 Å². The monoisotopic (exact) mass is 188 g/mol. The summed E-state index contributed by atoms with van der Waals surface area (Å²) in [5.41, 5.74) is -0.527. The maximum Gasteiger partial charge on any atom is 0.0648 e. The van der Waals surface area contributed by atoms with E-state index < -0.39 is 5.60 Å². The fourth-order valence-electron chi connectivity index (χ4n) is 1.78. The lowest BCUT2D eigenvalue weighted by Gasteiger charge is -2.28. The van der Waals surface area contributed by atoms with Crippen LogP contribution in [0.15, 0.2) is 0 Å². The van der Waals surface area contributed by atoms with Gasteiger partial charge >= 0.3 is 0 Å². The van der Waals surface area contributed by atoms with E-state index in [4.69, 9.17) is 5.11 Å². The molecule has 0 aromatic carbocycles. The number of aliphatic hydroxyl groups is 2. The van der Waals surface area contributed by atoms with Crippen molar-refractivity contribution in [1.29, 1.82) is 0 Å². The van der Waals surface area contributed by atoms with E-state index in [0.717, 1.165) is 32.1 Å². The van der Waals surface area contributed by atoms with Crippen molar-refractivity contribution in [2.24, 2.45) is 0 Å². The number of aliphatic hydroxyl groups excluding tert-OH is 1. The Morgan fingerprint density at radius 1 is 1.08 bits per heavy atom. The summed E-state index contributed by atoms with van der Waals surface area (Å²) in [7, 11) is 0. The third-order valence-electron chi connectivity index (χ3n) is 2.46. The van der Waals surface area contributed by atoms with Crippen LogP contribution >= 0.6 is 0 Å². The molecule has 0 rings (SSSR count). The van der Waals surface area contributed by atoms with Crippen LogP contribution in [0.3, 0.4) is 0 Å². The zero-order valence-electron chi connectivity index (χ0n) is 9.21. The second-order valence-corrected chi connectivity index (χ2v) is 4.11. The third-order valence-corrected chi connectivity index (χ3v) is 2.46. The average molecular weight is 188 g/mol. The van der Waals surface area contributed by atoms with Crippen molar-refractivity contribution in [3.8, 4) is 0 Å². The normalized spacial score (nSPS) is 14.5. The molecule has 0 spiro atoms. The Bertz CT molecular complexity index is 115. The molecule has 2 N–H and O–H groups in total. The summed E-state index contributed by atoms with van der Waals surface area (Å²) >= 11 is 0. The molecule has 0 saturated heterocycles. The lowest BCUT2D eigenvalue weighted by atomic mass is 9.87. The van der Waals surface area contributed by atoms with E-state index in [1.807, 2.05) is 0 Å². The summed E-state index contributed by atoms with van der Waals surface area (Å²) in [6, 6.07) is 0. The molecule has 0 radical (unpaired) electrons. The quantitative estimate of drug-likeness (QED) is 0.644. The van der Waals surface area contributed by atoms with Gasteiger partial charge in [0.15, 0.2) is 0 Å². The van der Waals surface area contributed by atoms with Gasteiger partial charge in [0.25, 0.3) is 0 Å². The van der Waals surface area contributed by atoms with Gasteiger partial charge in [-0.05, 0) is 32.6 Å². The van der Waals surface area contributed by atoms with E-state index in [0.29, 0.717) is 6.42 Å². The molecule has 1 atom stereocenters. The van der Waals surface area contributed by atoms with Crippen LogP contribution in [0.5, 0.6) is 0 Å². The van der Waals surface area contributed by atoms with E-state index in [1.165, 1.54) is 0 Å². The Kier molecular flexibility index (Phi) is 6.35. The van der Waals surface area contributed by atoms with Crippen LogP contribution in [0.25, 0.3) is 0 Å². The summed E-state index contributed by atoms with van der Waals surface area (Å²) in [4.78, 5) is 0. The molecule has 2 nitrogen and oxygen atoms in total. The van der Waals surface area contributed by atoms with E-state index >= 15 is 0 Å². The first-order valence-electron chi connectivity index (χ1n) is 5.44. The molecule has 0 amide bonds. The van der Waals surface area contributed by atoms with Gasteiger partial charge in [0, 0.05) is 0 Å². The Hall–Kier alpha value is -0.0800. The van der Waals surface area contributed by atoms with Gasteiger partial charge in [0.1, 0.15) is 0 Å². The van der Waals surface area contributed by atoms with Gasteiger partial charge in [-0.1, -0.05) is 26.7 Å². The molecule has 1 unspecified atom stereocenters. The van der Waals surface area contributed by atoms with Crippen LogP contribution in [-0.4, -0.2) is 21.9 Å². The second kappa shape index (κ2) is 6.39. The van der Waals surface area contributed by atoms with Crippen LogP contribution in [0, 0.1) is 0 Å². The lowest BCUT2D eigenvalue weighted by Crippen LogP contribution is -2.29. The van der Waals surface area contributed by atoms with Crippen LogP contribution in [0.4, 0.5) is 0 Å². The Balaban J connectivity index is 3.91. The molecule has 0 aromatic heterocycles. The number of hydrogen-bond acceptors (Lipinski definition) is 2. The summed E-state index contributed by atoms with van der Waals surface area (Å²) in [6.45, 7) is 5.95. The first-order valence-corrected chi connectivity index (χ1v) is 5.44. The largest absolute Gasteiger partial charge is 0.393 e. The highest BCUT2D eigenvalue weighted by atomic mass is 16.3. The third kappa shape index (κ3) is 6.05. The zero-order chi connectivity index (χ0) is 10.3. The van der Waals surface area contributed by atoms with Gasteiger partial charge in [-0.15, -0.1) is 0 Å². The highest BCUT2D eigenvalue weighted by molar-refractivity contribution is 4.78. The molecule has 0 aliphatic carbocycles. The molecule has 0 bridgehead atoms. The smallest absolute Gasteiger partial charge is 0.0648 e. The SMILES string of the molecule is CCCC(O)(CCC)CCC(C)O. The maximum atomic E-state index is 10.1. The molecule has 0 aliphatic heterocycles. The summed E-state index contributed by atoms with van der Waals surface area (Å²) in [6.07, 6.45) is 4.87. The topological polar surface area (TPSA) is 40.5 Å². The molecule has 2 heteroatoms. The summed E-state index contributed by atoms with van der Waals surface area (Å²) < 4.78 is 0. The second-order valence-electron chi connectivity index (χ2n) is 4.11. The number of rotatable bonds is 7. The fourth-order valence-corrected chi connectivity index (χ4v) is 1.78. The summed E-state index contributed by atoms with van der Waals surface area (Å²) in [5, 5.41) is 19.3. The fraction of sp³-hybridized carbons (Fsp3) is 1.00. The molecule has 0 aromatic rings. The molecule has 0 aliphatic rings. The molecule has 80 valence electrons. The number of hydrogen-bond donors (Lipinski definition) is 2. The Labute approximate surface area is 82.0 Å². The van der Waals surface area contributed by atoms with E-state index in [9.17, 15) is 5.11 Å². The first kappa shape index (κ1) is 12.9. The van der Waals surface area contributed by atoms with Gasteiger partial charge in [-0.3, -0.25) is 0 Å². The minimum atomic E-state index is -0.527. The Morgan fingerprint density at radius 2 is 1.54 bits per heavy atom. The van der Waals surface area contributed by atoms with E-state index in [2.05, 4.69) is 13.8 Å². The molecule has 13 heavy (non-hydrogen) atoms. The first-order chi connectivity index (χ1) is 6.04. The van der Waals surface area contributed by atoms with Crippen molar-refractivity contribution >= 4 is 0 Å². The minimum absolute atomic E-state index is 0.291. The predicted molar refractivity (Wildman–Crippen MR) is 55.7 cm³/mol. The zero-order valence-corrected chi connectivity index (χ0v) is 9.21. The van der Waals surface area contributed by atoms with Crippen molar-refractivity contribution in [1.82, 2.24) is 0 Å². The highest BCUT2D eigenvalue weighted by Crippen LogP contribution is 2.25. The average Bonchev–Trinajstić information content (AvgIpc) is 2.02. The van der Waals surface area contributed by atoms with Gasteiger partial charge in [0.05, 0.1) is 11.7 Å². The van der Waals surface area contributed by atoms with Gasteiger partial charge < -0.3 is 10.2 Å². The van der Waals surface area contributed by atoms with Crippen molar-refractivity contribution in [3.05, 3.63) is 0 Å². The van der Waals surface area contributed by atoms with Crippen molar-refractivity contribution in [2.75, 3.05) is 0 Å². The Morgan fingerprint density at radius 3 is 1.85 bits per heavy atom. The lowest BCUT2D eigenvalue weighted by molar-refractivity contribution is 0.000850. The molecular weight excluding hydrogens is 164 g/mol. The van der Waals surface area contributed by atoms with Crippen molar-refractivity contribution in [3.63, 3.8) is 0 Å². The maximum absolute atomic E-state index is 10.1. The molecule has 0 saturated carbocycles. The minimum Gasteiger partial charge on any atom is -0.393 e. The standard InChI is InChI=1S/C11H24O2/c1-4-7-11(13,8-5-2)9-6-10(3)12/h10,12-13H,4-9H2,1-3H3. The molecule has 0 heterocycles. The van der Waals surface area contributed by atoms with Gasteiger partial charge in [-0.25, -0.2) is 0 Å². The van der Waals surface area contributed by atoms with E-state index in [-0.39, 0.29) is 6.10 Å². The van der Waals surface area contributed by atoms with Crippen LogP contribution in [-0.2, 0) is 0 Å². The predicted octanol–water partition coefficient (Wildman–Crippen LogP) is 2.48. The van der Waals surface area contributed by atoms with Crippen molar-refractivity contribution < 1.29 is 10.2 Å². The molecular formula is C11H24O2. The molecule has 0 fully saturated rings. The van der Waals surface area contributed by atoms with Gasteiger partial charge in [-0.2, -0.15) is 0 Å². The van der Waals surface area contributed by atoms with Crippen LogP contribution in [0.1, 0.15) is 59.3 Å². The van der Waals surface area contributed by atoms with Crippen molar-refractivity contribution in [2.45, 2.75) is 71.0 Å².